The number of aryl methyl sites for hydroxylation is 1. The van der Waals surface area contributed by atoms with Gasteiger partial charge in [0.1, 0.15) is 38.7 Å². The highest BCUT2D eigenvalue weighted by Crippen LogP contribution is 2.36. The highest BCUT2D eigenvalue weighted by atomic mass is 31.2. The van der Waals surface area contributed by atoms with E-state index in [-0.39, 0.29) is 43.7 Å². The van der Waals surface area contributed by atoms with Crippen LogP contribution in [0.3, 0.4) is 0 Å². The van der Waals surface area contributed by atoms with E-state index in [1.165, 1.54) is 11.8 Å². The van der Waals surface area contributed by atoms with Gasteiger partial charge in [-0.3, -0.25) is 24.1 Å². The van der Waals surface area contributed by atoms with Gasteiger partial charge in [-0.15, -0.1) is 0 Å². The minimum absolute atomic E-state index is 0.0217. The summed E-state index contributed by atoms with van der Waals surface area (Å²) in [6.07, 6.45) is 2.90. The molecule has 0 aliphatic carbocycles. The molecule has 46 heavy (non-hydrogen) atoms. The van der Waals surface area contributed by atoms with Gasteiger partial charge in [-0.1, -0.05) is 31.9 Å². The Kier molecular flexibility index (Phi) is 11.4. The largest absolute Gasteiger partial charge is 0.492 e. The van der Waals surface area contributed by atoms with Crippen LogP contribution in [0.5, 0.6) is 5.75 Å². The molecule has 2 heterocycles. The molecule has 0 saturated carbocycles. The van der Waals surface area contributed by atoms with E-state index in [1.807, 2.05) is 34.3 Å². The lowest BCUT2D eigenvalue weighted by atomic mass is 10.1. The summed E-state index contributed by atoms with van der Waals surface area (Å²) in [5.74, 6) is 0.136. The quantitative estimate of drug-likeness (QED) is 0.0697. The second-order valence-electron chi connectivity index (χ2n) is 12.3. The molecule has 0 unspecified atom stereocenters. The van der Waals surface area contributed by atoms with Gasteiger partial charge in [-0.2, -0.15) is 0 Å². The normalized spacial score (nSPS) is 13.7. The number of amides is 3. The van der Waals surface area contributed by atoms with Crippen molar-refractivity contribution < 1.29 is 37.8 Å². The molecule has 0 radical (unpaired) electrons. The third-order valence-corrected chi connectivity index (χ3v) is 8.96. The maximum Gasteiger partial charge on any atom is 0.303 e. The topological polar surface area (TPSA) is 119 Å². The second-order valence-corrected chi connectivity index (χ2v) is 15.7. The Labute approximate surface area is 270 Å². The first-order chi connectivity index (χ1) is 21.8. The van der Waals surface area contributed by atoms with Gasteiger partial charge in [-0.25, -0.2) is 9.13 Å². The third kappa shape index (κ3) is 8.23. The molecule has 1 aliphatic heterocycles. The Hall–Kier alpha value is -3.98. The summed E-state index contributed by atoms with van der Waals surface area (Å²) in [5.41, 5.74) is 2.40. The number of ether oxygens (including phenoxy) is 2. The van der Waals surface area contributed by atoms with Crippen molar-refractivity contribution in [3.8, 4) is 5.75 Å². The standard InChI is InChI=1S/C34H46N4O7P/c1-7-9-10-15-32(40)35(23-46(5,6)43)18-19-44-26-16-17-29-30(20-26)37(21-24(3)45-25(4)39)31(36(29)8-2)22-38-33(41)27-13-11-12-14-28(27)34(38)42/h11-14,16-17,20,24H,7-10,15,18-19,21-23H2,1-6H3/q+1/t24-/m0/s1. The van der Waals surface area contributed by atoms with Crippen molar-refractivity contribution in [1.82, 2.24) is 14.4 Å². The van der Waals surface area contributed by atoms with Gasteiger partial charge in [0.25, 0.3) is 17.6 Å². The van der Waals surface area contributed by atoms with Crippen LogP contribution in [0, 0.1) is 0 Å². The lowest BCUT2D eigenvalue weighted by Crippen LogP contribution is -2.42. The zero-order chi connectivity index (χ0) is 33.6. The predicted octanol–water partition coefficient (Wildman–Crippen LogP) is 5.06. The Morgan fingerprint density at radius 1 is 1.02 bits per heavy atom. The van der Waals surface area contributed by atoms with Gasteiger partial charge in [-0.05, 0) is 57.9 Å². The van der Waals surface area contributed by atoms with Crippen LogP contribution < -0.4 is 9.30 Å². The molecule has 3 amide bonds. The molecular formula is C34H46N4O7P+. The summed E-state index contributed by atoms with van der Waals surface area (Å²) in [4.78, 5) is 54.2. The zero-order valence-electron chi connectivity index (χ0n) is 27.8. The van der Waals surface area contributed by atoms with E-state index in [0.29, 0.717) is 42.2 Å². The molecule has 248 valence electrons. The number of esters is 1. The minimum atomic E-state index is -2.48. The summed E-state index contributed by atoms with van der Waals surface area (Å²) >= 11 is 0. The van der Waals surface area contributed by atoms with Crippen LogP contribution in [0.2, 0.25) is 0 Å². The number of fused-ring (bicyclic) bond motifs is 2. The van der Waals surface area contributed by atoms with Gasteiger partial charge >= 0.3 is 5.97 Å². The number of aromatic nitrogens is 2. The predicted molar refractivity (Wildman–Crippen MR) is 175 cm³/mol. The third-order valence-electron chi connectivity index (χ3n) is 7.94. The SMILES string of the molecule is CCCCCC(=O)N(CCOc1ccc2c(c1)n(C[C@H](C)OC(C)=O)c(CN1C(=O)c3ccccc3C1=O)[n+]2CC)CP(C)(C)=O. The first-order valence-corrected chi connectivity index (χ1v) is 18.7. The van der Waals surface area contributed by atoms with Gasteiger partial charge in [0.2, 0.25) is 5.91 Å². The lowest BCUT2D eigenvalue weighted by molar-refractivity contribution is -0.677. The molecule has 11 nitrogen and oxygen atoms in total. The fourth-order valence-electron chi connectivity index (χ4n) is 5.93. The lowest BCUT2D eigenvalue weighted by Gasteiger charge is -2.25. The monoisotopic (exact) mass is 653 g/mol. The molecule has 2 aromatic carbocycles. The van der Waals surface area contributed by atoms with E-state index in [4.69, 9.17) is 9.47 Å². The van der Waals surface area contributed by atoms with E-state index in [2.05, 4.69) is 6.92 Å². The average molecular weight is 654 g/mol. The van der Waals surface area contributed by atoms with Crippen LogP contribution in [0.4, 0.5) is 0 Å². The molecular weight excluding hydrogens is 607 g/mol. The molecule has 0 fully saturated rings. The molecule has 1 aliphatic rings. The van der Waals surface area contributed by atoms with Crippen LogP contribution in [-0.2, 0) is 38.5 Å². The number of imide groups is 1. The van der Waals surface area contributed by atoms with Crippen molar-refractivity contribution >= 4 is 41.9 Å². The van der Waals surface area contributed by atoms with Crippen molar-refractivity contribution in [2.75, 3.05) is 32.8 Å². The molecule has 4 rings (SSSR count). The van der Waals surface area contributed by atoms with Crippen LogP contribution in [0.1, 0.15) is 79.9 Å². The summed E-state index contributed by atoms with van der Waals surface area (Å²) in [7, 11) is -2.48. The zero-order valence-corrected chi connectivity index (χ0v) is 28.7. The fourth-order valence-corrected chi connectivity index (χ4v) is 7.06. The molecule has 0 N–H and O–H groups in total. The highest BCUT2D eigenvalue weighted by Gasteiger charge is 2.39. The first-order valence-electron chi connectivity index (χ1n) is 16.0. The van der Waals surface area contributed by atoms with Gasteiger partial charge < -0.3 is 18.9 Å². The second kappa shape index (κ2) is 15.1. The van der Waals surface area contributed by atoms with Gasteiger partial charge in [0.15, 0.2) is 11.0 Å². The number of nitrogens with zero attached hydrogens (tertiary/aromatic N) is 4. The maximum atomic E-state index is 13.3. The number of hydrogen-bond acceptors (Lipinski definition) is 7. The van der Waals surface area contributed by atoms with E-state index < -0.39 is 19.2 Å². The van der Waals surface area contributed by atoms with E-state index in [0.717, 1.165) is 30.3 Å². The Morgan fingerprint density at radius 2 is 1.70 bits per heavy atom. The Bertz CT molecular complexity index is 1630. The molecule has 1 aromatic heterocycles. The van der Waals surface area contributed by atoms with Crippen LogP contribution >= 0.6 is 7.14 Å². The molecule has 0 bridgehead atoms. The number of hydrogen-bond donors (Lipinski definition) is 0. The van der Waals surface area contributed by atoms with Crippen molar-refractivity contribution in [1.29, 1.82) is 0 Å². The highest BCUT2D eigenvalue weighted by molar-refractivity contribution is 7.62. The molecule has 0 spiro atoms. The molecule has 0 saturated heterocycles. The molecule has 1 atom stereocenters. The van der Waals surface area contributed by atoms with Crippen molar-refractivity contribution in [2.45, 2.75) is 79.1 Å². The first kappa shape index (κ1) is 34.9. The number of carbonyl (C=O) groups is 4. The number of unbranched alkanes of at least 4 members (excludes halogenated alkanes) is 2. The van der Waals surface area contributed by atoms with Gasteiger partial charge in [0.05, 0.1) is 30.5 Å². The minimum Gasteiger partial charge on any atom is -0.492 e. The Morgan fingerprint density at radius 3 is 2.28 bits per heavy atom. The number of rotatable bonds is 16. The van der Waals surface area contributed by atoms with Crippen LogP contribution in [0.25, 0.3) is 11.0 Å². The Balaban J connectivity index is 1.64. The van der Waals surface area contributed by atoms with Crippen molar-refractivity contribution in [3.63, 3.8) is 0 Å². The van der Waals surface area contributed by atoms with Crippen LogP contribution in [0.15, 0.2) is 42.5 Å². The summed E-state index contributed by atoms with van der Waals surface area (Å²) < 4.78 is 28.2. The maximum absolute atomic E-state index is 13.3. The molecule has 3 aromatic rings. The number of carbonyl (C=O) groups excluding carboxylic acids is 4. The summed E-state index contributed by atoms with van der Waals surface area (Å²) in [6, 6.07) is 12.4. The smallest absolute Gasteiger partial charge is 0.303 e. The average Bonchev–Trinajstić information content (AvgIpc) is 3.41. The van der Waals surface area contributed by atoms with E-state index >= 15 is 0 Å². The van der Waals surface area contributed by atoms with Crippen molar-refractivity contribution in [3.05, 3.63) is 59.4 Å². The van der Waals surface area contributed by atoms with E-state index in [9.17, 15) is 23.7 Å². The van der Waals surface area contributed by atoms with Crippen molar-refractivity contribution in [2.24, 2.45) is 0 Å². The summed E-state index contributed by atoms with van der Waals surface area (Å²) in [5, 5.41) is 0. The fraction of sp³-hybridized carbons (Fsp3) is 0.500. The number of imidazole rings is 1. The van der Waals surface area contributed by atoms with Gasteiger partial charge in [0, 0.05) is 19.4 Å². The summed E-state index contributed by atoms with van der Waals surface area (Å²) in [6.45, 7) is 12.0. The van der Waals surface area contributed by atoms with Crippen LogP contribution in [-0.4, -0.2) is 76.9 Å². The number of benzene rings is 2. The molecule has 12 heteroatoms. The van der Waals surface area contributed by atoms with E-state index in [1.54, 1.807) is 49.4 Å².